The molecule has 1 unspecified atom stereocenters. The van der Waals surface area contributed by atoms with E-state index in [4.69, 9.17) is 9.47 Å². The summed E-state index contributed by atoms with van der Waals surface area (Å²) in [5, 5.41) is 3.07. The molecule has 0 aromatic carbocycles. The summed E-state index contributed by atoms with van der Waals surface area (Å²) < 4.78 is 10.9. The Morgan fingerprint density at radius 2 is 2.25 bits per heavy atom. The molecule has 0 aliphatic rings. The lowest BCUT2D eigenvalue weighted by atomic mass is 10.3. The summed E-state index contributed by atoms with van der Waals surface area (Å²) in [5.74, 6) is 0.645. The van der Waals surface area contributed by atoms with Gasteiger partial charge in [0.2, 0.25) is 5.88 Å². The van der Waals surface area contributed by atoms with E-state index in [2.05, 4.69) is 10.3 Å². The minimum atomic E-state index is 0.0302. The Morgan fingerprint density at radius 3 is 2.81 bits per heavy atom. The van der Waals surface area contributed by atoms with Crippen LogP contribution in [0.2, 0.25) is 0 Å². The molecule has 0 bridgehead atoms. The Labute approximate surface area is 97.0 Å². The summed E-state index contributed by atoms with van der Waals surface area (Å²) in [7, 11) is 1.91. The van der Waals surface area contributed by atoms with Crippen LogP contribution in [-0.4, -0.2) is 31.3 Å². The monoisotopic (exact) mass is 224 g/mol. The number of nitrogens with one attached hydrogen (secondary N) is 1. The van der Waals surface area contributed by atoms with Crippen LogP contribution < -0.4 is 10.1 Å². The van der Waals surface area contributed by atoms with Crippen molar-refractivity contribution in [1.29, 1.82) is 0 Å². The van der Waals surface area contributed by atoms with Gasteiger partial charge in [0.05, 0.1) is 6.61 Å². The van der Waals surface area contributed by atoms with Gasteiger partial charge >= 0.3 is 0 Å². The van der Waals surface area contributed by atoms with E-state index < -0.39 is 0 Å². The minimum Gasteiger partial charge on any atom is -0.472 e. The Bertz CT molecular complexity index is 288. The molecule has 1 heterocycles. The lowest BCUT2D eigenvalue weighted by molar-refractivity contribution is 0.0633. The number of rotatable bonds is 7. The van der Waals surface area contributed by atoms with Crippen LogP contribution in [0.1, 0.15) is 19.4 Å². The van der Waals surface area contributed by atoms with E-state index in [1.165, 1.54) is 0 Å². The number of hydrogen-bond donors (Lipinski definition) is 1. The largest absolute Gasteiger partial charge is 0.472 e. The molecule has 0 spiro atoms. The van der Waals surface area contributed by atoms with E-state index in [-0.39, 0.29) is 6.10 Å². The van der Waals surface area contributed by atoms with E-state index in [0.717, 1.165) is 12.1 Å². The van der Waals surface area contributed by atoms with Crippen molar-refractivity contribution < 1.29 is 9.47 Å². The molecule has 0 radical (unpaired) electrons. The van der Waals surface area contributed by atoms with Gasteiger partial charge in [-0.3, -0.25) is 0 Å². The first-order valence-electron chi connectivity index (χ1n) is 5.60. The third-order valence-corrected chi connectivity index (χ3v) is 2.06. The van der Waals surface area contributed by atoms with Crippen molar-refractivity contribution >= 4 is 0 Å². The quantitative estimate of drug-likeness (QED) is 0.764. The van der Waals surface area contributed by atoms with Crippen LogP contribution in [0.25, 0.3) is 0 Å². The Balaban J connectivity index is 2.41. The lowest BCUT2D eigenvalue weighted by Crippen LogP contribution is -2.19. The molecule has 0 amide bonds. The highest BCUT2D eigenvalue weighted by Crippen LogP contribution is 2.09. The minimum absolute atomic E-state index is 0.0302. The van der Waals surface area contributed by atoms with Crippen molar-refractivity contribution in [3.63, 3.8) is 0 Å². The molecule has 0 aliphatic heterocycles. The number of aromatic nitrogens is 1. The molecule has 1 N–H and O–H groups in total. The van der Waals surface area contributed by atoms with Gasteiger partial charge in [0.15, 0.2) is 0 Å². The van der Waals surface area contributed by atoms with Gasteiger partial charge in [-0.1, -0.05) is 6.07 Å². The molecule has 0 saturated heterocycles. The van der Waals surface area contributed by atoms with E-state index >= 15 is 0 Å². The fraction of sp³-hybridized carbons (Fsp3) is 0.583. The van der Waals surface area contributed by atoms with Crippen molar-refractivity contribution in [1.82, 2.24) is 10.3 Å². The van der Waals surface area contributed by atoms with Gasteiger partial charge < -0.3 is 14.8 Å². The van der Waals surface area contributed by atoms with Crippen molar-refractivity contribution in [3.05, 3.63) is 23.9 Å². The molecule has 1 aromatic heterocycles. The molecular formula is C12H20N2O2. The van der Waals surface area contributed by atoms with Gasteiger partial charge in [-0.25, -0.2) is 4.98 Å². The van der Waals surface area contributed by atoms with Gasteiger partial charge in [-0.15, -0.1) is 0 Å². The third kappa shape index (κ3) is 4.59. The maximum Gasteiger partial charge on any atom is 0.213 e. The summed E-state index contributed by atoms with van der Waals surface area (Å²) in [6.07, 6.45) is 1.85. The smallest absolute Gasteiger partial charge is 0.213 e. The summed E-state index contributed by atoms with van der Waals surface area (Å²) in [6.45, 7) is 6.07. The van der Waals surface area contributed by atoms with Crippen LogP contribution in [0.15, 0.2) is 18.3 Å². The second kappa shape index (κ2) is 7.19. The first kappa shape index (κ1) is 12.9. The zero-order valence-corrected chi connectivity index (χ0v) is 10.2. The average Bonchev–Trinajstić information content (AvgIpc) is 2.29. The van der Waals surface area contributed by atoms with Crippen molar-refractivity contribution in [2.24, 2.45) is 0 Å². The zero-order valence-electron chi connectivity index (χ0n) is 10.2. The fourth-order valence-electron chi connectivity index (χ4n) is 1.31. The average molecular weight is 224 g/mol. The molecule has 0 fully saturated rings. The maximum atomic E-state index is 5.59. The summed E-state index contributed by atoms with van der Waals surface area (Å²) >= 11 is 0. The SMILES string of the molecule is CCOCC(C)Oc1ccc(CNC)cn1. The number of pyridine rings is 1. The van der Waals surface area contributed by atoms with Crippen LogP contribution >= 0.6 is 0 Å². The predicted molar refractivity (Wildman–Crippen MR) is 63.6 cm³/mol. The molecule has 16 heavy (non-hydrogen) atoms. The Hall–Kier alpha value is -1.13. The zero-order chi connectivity index (χ0) is 11.8. The van der Waals surface area contributed by atoms with Gasteiger partial charge in [0.1, 0.15) is 6.10 Å². The normalized spacial score (nSPS) is 12.4. The van der Waals surface area contributed by atoms with Gasteiger partial charge in [0.25, 0.3) is 0 Å². The Kier molecular flexibility index (Phi) is 5.82. The third-order valence-electron chi connectivity index (χ3n) is 2.06. The van der Waals surface area contributed by atoms with Crippen molar-refractivity contribution in [2.45, 2.75) is 26.5 Å². The highest BCUT2D eigenvalue weighted by Gasteiger charge is 2.04. The van der Waals surface area contributed by atoms with Crippen LogP contribution in [-0.2, 0) is 11.3 Å². The molecule has 0 saturated carbocycles. The first-order chi connectivity index (χ1) is 7.76. The van der Waals surface area contributed by atoms with E-state index in [1.54, 1.807) is 0 Å². The highest BCUT2D eigenvalue weighted by molar-refractivity contribution is 5.17. The standard InChI is InChI=1S/C12H20N2O2/c1-4-15-9-10(2)16-12-6-5-11(7-13-3)8-14-12/h5-6,8,10,13H,4,7,9H2,1-3H3. The van der Waals surface area contributed by atoms with Crippen molar-refractivity contribution in [2.75, 3.05) is 20.3 Å². The predicted octanol–water partition coefficient (Wildman–Crippen LogP) is 1.60. The van der Waals surface area contributed by atoms with Crippen LogP contribution in [0.5, 0.6) is 5.88 Å². The molecule has 1 rings (SSSR count). The topological polar surface area (TPSA) is 43.4 Å². The molecule has 4 heteroatoms. The Morgan fingerprint density at radius 1 is 1.44 bits per heavy atom. The second-order valence-electron chi connectivity index (χ2n) is 3.62. The van der Waals surface area contributed by atoms with Crippen LogP contribution in [0.3, 0.4) is 0 Å². The summed E-state index contributed by atoms with van der Waals surface area (Å²) in [4.78, 5) is 4.23. The fourth-order valence-corrected chi connectivity index (χ4v) is 1.31. The summed E-state index contributed by atoms with van der Waals surface area (Å²) in [6, 6.07) is 3.89. The lowest BCUT2D eigenvalue weighted by Gasteiger charge is -2.13. The maximum absolute atomic E-state index is 5.59. The molecule has 4 nitrogen and oxygen atoms in total. The number of nitrogens with zero attached hydrogens (tertiary/aromatic N) is 1. The molecule has 90 valence electrons. The second-order valence-corrected chi connectivity index (χ2v) is 3.62. The molecule has 0 aliphatic carbocycles. The van der Waals surface area contributed by atoms with E-state index in [0.29, 0.717) is 19.1 Å². The van der Waals surface area contributed by atoms with Crippen LogP contribution in [0.4, 0.5) is 0 Å². The number of ether oxygens (including phenoxy) is 2. The first-order valence-corrected chi connectivity index (χ1v) is 5.60. The van der Waals surface area contributed by atoms with Gasteiger partial charge in [-0.2, -0.15) is 0 Å². The van der Waals surface area contributed by atoms with E-state index in [9.17, 15) is 0 Å². The highest BCUT2D eigenvalue weighted by atomic mass is 16.5. The molecule has 1 aromatic rings. The number of hydrogen-bond acceptors (Lipinski definition) is 4. The van der Waals surface area contributed by atoms with E-state index in [1.807, 2.05) is 39.2 Å². The van der Waals surface area contributed by atoms with Crippen LogP contribution in [0, 0.1) is 0 Å². The summed E-state index contributed by atoms with van der Waals surface area (Å²) in [5.41, 5.74) is 1.15. The molecular weight excluding hydrogens is 204 g/mol. The molecule has 1 atom stereocenters. The van der Waals surface area contributed by atoms with Crippen molar-refractivity contribution in [3.8, 4) is 5.88 Å². The van der Waals surface area contributed by atoms with Gasteiger partial charge in [0, 0.05) is 25.4 Å². The van der Waals surface area contributed by atoms with Gasteiger partial charge in [-0.05, 0) is 26.5 Å².